The monoisotopic (exact) mass is 366 g/mol. The number of nitrogens with one attached hydrogen (secondary N) is 1. The van der Waals surface area contributed by atoms with E-state index in [1.54, 1.807) is 13.0 Å². The number of carbonyl (C=O) groups excluding carboxylic acids is 1. The highest BCUT2D eigenvalue weighted by Crippen LogP contribution is 2.30. The first-order valence-electron chi connectivity index (χ1n) is 8.36. The zero-order valence-electron chi connectivity index (χ0n) is 14.1. The lowest BCUT2D eigenvalue weighted by Gasteiger charge is -2.37. The van der Waals surface area contributed by atoms with Gasteiger partial charge in [0.1, 0.15) is 0 Å². The van der Waals surface area contributed by atoms with Crippen molar-refractivity contribution < 1.29 is 23.1 Å². The first-order valence-corrected chi connectivity index (χ1v) is 9.85. The number of benzene rings is 1. The van der Waals surface area contributed by atoms with Crippen molar-refractivity contribution in [3.8, 4) is 0 Å². The maximum Gasteiger partial charge on any atom is 0.311 e. The van der Waals surface area contributed by atoms with Crippen LogP contribution < -0.4 is 4.72 Å². The summed E-state index contributed by atoms with van der Waals surface area (Å²) < 4.78 is 27.2. The average molecular weight is 366 g/mol. The van der Waals surface area contributed by atoms with E-state index >= 15 is 0 Å². The molecular weight excluding hydrogens is 344 g/mol. The third-order valence-corrected chi connectivity index (χ3v) is 6.31. The van der Waals surface area contributed by atoms with Crippen LogP contribution in [0.4, 0.5) is 0 Å². The van der Waals surface area contributed by atoms with E-state index in [1.807, 2.05) is 0 Å². The van der Waals surface area contributed by atoms with Crippen LogP contribution in [0.25, 0.3) is 0 Å². The molecule has 1 unspecified atom stereocenters. The van der Waals surface area contributed by atoms with Gasteiger partial charge in [-0.25, -0.2) is 13.1 Å². The number of nitrogens with zero attached hydrogens (tertiary/aromatic N) is 1. The number of amides is 1. The lowest BCUT2D eigenvalue weighted by molar-refractivity contribution is -0.150. The van der Waals surface area contributed by atoms with Gasteiger partial charge in [-0.3, -0.25) is 9.59 Å². The first kappa shape index (κ1) is 17.9. The number of aliphatic carboxylic acids is 1. The van der Waals surface area contributed by atoms with Crippen LogP contribution in [0, 0.1) is 5.41 Å². The Balaban J connectivity index is 1.80. The lowest BCUT2D eigenvalue weighted by Crippen LogP contribution is -2.48. The van der Waals surface area contributed by atoms with Crippen LogP contribution in [0.15, 0.2) is 29.2 Å². The maximum absolute atomic E-state index is 12.7. The number of piperidine rings is 1. The van der Waals surface area contributed by atoms with Crippen LogP contribution in [0.3, 0.4) is 0 Å². The molecule has 0 aromatic heterocycles. The molecule has 2 aliphatic rings. The molecule has 1 saturated carbocycles. The minimum Gasteiger partial charge on any atom is -0.481 e. The van der Waals surface area contributed by atoms with Crippen molar-refractivity contribution in [3.63, 3.8) is 0 Å². The second kappa shape index (κ2) is 6.42. The summed E-state index contributed by atoms with van der Waals surface area (Å²) in [6.07, 6.45) is 2.79. The summed E-state index contributed by atoms with van der Waals surface area (Å²) in [6, 6.07) is 5.90. The standard InChI is InChI=1S/C17H22N2O5S/c1-17(16(21)22)8-3-9-19(11-17)15(20)12-4-2-5-14(10-12)25(23,24)18-13-6-7-13/h2,4-5,10,13,18H,3,6-9,11H2,1H3,(H,21,22). The van der Waals surface area contributed by atoms with Crippen molar-refractivity contribution >= 4 is 21.9 Å². The number of carboxylic acid groups (broad SMARTS) is 1. The fraction of sp³-hybridized carbons (Fsp3) is 0.529. The van der Waals surface area contributed by atoms with E-state index in [4.69, 9.17) is 0 Å². The molecule has 1 atom stereocenters. The molecule has 8 heteroatoms. The minimum absolute atomic E-state index is 0.0114. The van der Waals surface area contributed by atoms with Gasteiger partial charge in [0.05, 0.1) is 10.3 Å². The van der Waals surface area contributed by atoms with Gasteiger partial charge in [-0.15, -0.1) is 0 Å². The zero-order chi connectivity index (χ0) is 18.2. The first-order chi connectivity index (χ1) is 11.7. The molecule has 2 N–H and O–H groups in total. The van der Waals surface area contributed by atoms with Gasteiger partial charge in [0.25, 0.3) is 5.91 Å². The largest absolute Gasteiger partial charge is 0.481 e. The Hall–Kier alpha value is -1.93. The van der Waals surface area contributed by atoms with Crippen LogP contribution in [0.1, 0.15) is 43.0 Å². The SMILES string of the molecule is CC1(C(=O)O)CCCN(C(=O)c2cccc(S(=O)(=O)NC3CC3)c2)C1. The van der Waals surface area contributed by atoms with Crippen molar-refractivity contribution in [2.24, 2.45) is 5.41 Å². The van der Waals surface area contributed by atoms with Crippen molar-refractivity contribution in [3.05, 3.63) is 29.8 Å². The predicted octanol–water partition coefficient (Wildman–Crippen LogP) is 1.45. The highest BCUT2D eigenvalue weighted by atomic mass is 32.2. The molecular formula is C17H22N2O5S. The summed E-state index contributed by atoms with van der Waals surface area (Å²) in [5.74, 6) is -1.26. The normalized spacial score (nSPS) is 24.1. The van der Waals surface area contributed by atoms with Gasteiger partial charge in [-0.1, -0.05) is 6.07 Å². The number of rotatable bonds is 5. The molecule has 1 aromatic carbocycles. The molecule has 1 aromatic rings. The Morgan fingerprint density at radius 1 is 1.32 bits per heavy atom. The van der Waals surface area contributed by atoms with Crippen molar-refractivity contribution in [2.45, 2.75) is 43.5 Å². The summed E-state index contributed by atoms with van der Waals surface area (Å²) in [4.78, 5) is 25.7. The second-order valence-electron chi connectivity index (χ2n) is 7.12. The van der Waals surface area contributed by atoms with Crippen molar-refractivity contribution in [2.75, 3.05) is 13.1 Å². The molecule has 7 nitrogen and oxygen atoms in total. The third kappa shape index (κ3) is 3.85. The molecule has 25 heavy (non-hydrogen) atoms. The summed E-state index contributed by atoms with van der Waals surface area (Å²) in [7, 11) is -3.63. The Morgan fingerprint density at radius 3 is 2.68 bits per heavy atom. The number of carboxylic acids is 1. The number of carbonyl (C=O) groups is 2. The predicted molar refractivity (Wildman–Crippen MR) is 90.7 cm³/mol. The number of hydrogen-bond acceptors (Lipinski definition) is 4. The highest BCUT2D eigenvalue weighted by Gasteiger charge is 2.39. The molecule has 136 valence electrons. The number of sulfonamides is 1. The van der Waals surface area contributed by atoms with Gasteiger partial charge in [-0.05, 0) is 50.8 Å². The van der Waals surface area contributed by atoms with E-state index < -0.39 is 21.4 Å². The van der Waals surface area contributed by atoms with Gasteiger partial charge in [0.2, 0.25) is 10.0 Å². The topological polar surface area (TPSA) is 104 Å². The van der Waals surface area contributed by atoms with E-state index in [-0.39, 0.29) is 29.0 Å². The van der Waals surface area contributed by atoms with Crippen molar-refractivity contribution in [1.29, 1.82) is 0 Å². The molecule has 0 spiro atoms. The van der Waals surface area contributed by atoms with E-state index in [0.29, 0.717) is 19.4 Å². The molecule has 1 amide bonds. The van der Waals surface area contributed by atoms with Crippen LogP contribution in [-0.4, -0.2) is 49.4 Å². The van der Waals surface area contributed by atoms with Crippen LogP contribution in [0.5, 0.6) is 0 Å². The van der Waals surface area contributed by atoms with Gasteiger partial charge in [-0.2, -0.15) is 0 Å². The quantitative estimate of drug-likeness (QED) is 0.821. The molecule has 2 fully saturated rings. The third-order valence-electron chi connectivity index (χ3n) is 4.79. The zero-order valence-corrected chi connectivity index (χ0v) is 14.9. The molecule has 1 aliphatic heterocycles. The fourth-order valence-electron chi connectivity index (χ4n) is 3.05. The van der Waals surface area contributed by atoms with E-state index in [9.17, 15) is 23.1 Å². The van der Waals surface area contributed by atoms with Gasteiger partial charge >= 0.3 is 5.97 Å². The fourth-order valence-corrected chi connectivity index (χ4v) is 4.41. The van der Waals surface area contributed by atoms with Gasteiger partial charge in [0, 0.05) is 24.7 Å². The molecule has 0 radical (unpaired) electrons. The average Bonchev–Trinajstić information content (AvgIpc) is 3.37. The van der Waals surface area contributed by atoms with Crippen LogP contribution in [0.2, 0.25) is 0 Å². The summed E-state index contributed by atoms with van der Waals surface area (Å²) in [6.45, 7) is 2.23. The van der Waals surface area contributed by atoms with Crippen LogP contribution in [-0.2, 0) is 14.8 Å². The summed E-state index contributed by atoms with van der Waals surface area (Å²) in [5, 5.41) is 9.38. The Morgan fingerprint density at radius 2 is 2.04 bits per heavy atom. The Kier molecular flexibility index (Phi) is 4.59. The smallest absolute Gasteiger partial charge is 0.311 e. The Bertz CT molecular complexity index is 803. The van der Waals surface area contributed by atoms with Crippen LogP contribution >= 0.6 is 0 Å². The van der Waals surface area contributed by atoms with Gasteiger partial charge in [0.15, 0.2) is 0 Å². The number of likely N-dealkylation sites (tertiary alicyclic amines) is 1. The number of hydrogen-bond donors (Lipinski definition) is 2. The highest BCUT2D eigenvalue weighted by molar-refractivity contribution is 7.89. The molecule has 3 rings (SSSR count). The molecule has 1 saturated heterocycles. The molecule has 1 heterocycles. The summed E-state index contributed by atoms with van der Waals surface area (Å²) in [5.41, 5.74) is -0.709. The van der Waals surface area contributed by atoms with Crippen molar-refractivity contribution in [1.82, 2.24) is 9.62 Å². The summed E-state index contributed by atoms with van der Waals surface area (Å²) >= 11 is 0. The minimum atomic E-state index is -3.63. The second-order valence-corrected chi connectivity index (χ2v) is 8.83. The van der Waals surface area contributed by atoms with Gasteiger partial charge < -0.3 is 10.0 Å². The lowest BCUT2D eigenvalue weighted by atomic mass is 9.82. The maximum atomic E-state index is 12.7. The van der Waals surface area contributed by atoms with E-state index in [2.05, 4.69) is 4.72 Å². The van der Waals surface area contributed by atoms with E-state index in [0.717, 1.165) is 12.8 Å². The molecule has 0 bridgehead atoms. The van der Waals surface area contributed by atoms with E-state index in [1.165, 1.54) is 23.1 Å². The molecule has 1 aliphatic carbocycles. The Labute approximate surface area is 147 Å².